The summed E-state index contributed by atoms with van der Waals surface area (Å²) in [7, 11) is 0. The third-order valence-electron chi connectivity index (χ3n) is 3.34. The van der Waals surface area contributed by atoms with E-state index in [9.17, 15) is 9.59 Å². The van der Waals surface area contributed by atoms with Gasteiger partial charge in [-0.2, -0.15) is 0 Å². The summed E-state index contributed by atoms with van der Waals surface area (Å²) < 4.78 is 6.06. The van der Waals surface area contributed by atoms with Gasteiger partial charge in [0.05, 0.1) is 12.8 Å². The van der Waals surface area contributed by atoms with Crippen molar-refractivity contribution in [2.75, 3.05) is 11.9 Å². The number of ether oxygens (including phenoxy) is 1. The zero-order valence-corrected chi connectivity index (χ0v) is 14.7. The number of nitrogens with one attached hydrogen (secondary N) is 2. The minimum Gasteiger partial charge on any atom is -0.450 e. The van der Waals surface area contributed by atoms with E-state index >= 15 is 0 Å². The molecule has 0 bridgehead atoms. The molecule has 2 N–H and O–H groups in total. The Kier molecular flexibility index (Phi) is 5.98. The fourth-order valence-electron chi connectivity index (χ4n) is 2.26. The Hall–Kier alpha value is -3.04. The molecule has 2 amide bonds. The molecule has 0 aromatic carbocycles. The molecule has 0 atom stereocenters. The van der Waals surface area contributed by atoms with E-state index in [1.165, 1.54) is 10.9 Å². The van der Waals surface area contributed by atoms with Gasteiger partial charge in [0.25, 0.3) is 0 Å². The van der Waals surface area contributed by atoms with Gasteiger partial charge >= 0.3 is 6.09 Å². The molecule has 0 aliphatic rings. The lowest BCUT2D eigenvalue weighted by atomic mass is 10.1. The van der Waals surface area contributed by atoms with E-state index in [0.717, 1.165) is 17.0 Å². The maximum absolute atomic E-state index is 12.1. The van der Waals surface area contributed by atoms with Gasteiger partial charge in [-0.05, 0) is 27.7 Å². The summed E-state index contributed by atoms with van der Waals surface area (Å²) in [5.41, 5.74) is 2.57. The largest absolute Gasteiger partial charge is 0.450 e. The number of aryl methyl sites for hydroxylation is 3. The Bertz CT molecular complexity index is 749. The summed E-state index contributed by atoms with van der Waals surface area (Å²) in [5, 5.41) is 12.7. The van der Waals surface area contributed by atoms with Crippen LogP contribution in [0.1, 0.15) is 29.7 Å². The molecule has 134 valence electrons. The van der Waals surface area contributed by atoms with Crippen LogP contribution in [0.15, 0.2) is 6.20 Å². The maximum Gasteiger partial charge on any atom is 0.412 e. The summed E-state index contributed by atoms with van der Waals surface area (Å²) >= 11 is 0. The molecule has 0 radical (unpaired) electrons. The molecule has 10 nitrogen and oxygen atoms in total. The first-order valence-electron chi connectivity index (χ1n) is 7.80. The Labute approximate surface area is 145 Å². The van der Waals surface area contributed by atoms with Crippen molar-refractivity contribution in [3.05, 3.63) is 29.0 Å². The summed E-state index contributed by atoms with van der Waals surface area (Å²) in [5.74, 6) is 0.672. The lowest BCUT2D eigenvalue weighted by molar-refractivity contribution is -0.122. The highest BCUT2D eigenvalue weighted by molar-refractivity contribution is 5.83. The number of hydrogen-bond donors (Lipinski definition) is 2. The van der Waals surface area contributed by atoms with Gasteiger partial charge in [0, 0.05) is 23.5 Å². The van der Waals surface area contributed by atoms with Crippen molar-refractivity contribution in [1.82, 2.24) is 30.3 Å². The number of rotatable bonds is 6. The van der Waals surface area contributed by atoms with E-state index in [4.69, 9.17) is 4.74 Å². The van der Waals surface area contributed by atoms with Crippen molar-refractivity contribution in [1.29, 1.82) is 0 Å². The molecule has 2 aromatic heterocycles. The van der Waals surface area contributed by atoms with Crippen molar-refractivity contribution in [3.63, 3.8) is 0 Å². The van der Waals surface area contributed by atoms with Crippen molar-refractivity contribution in [2.45, 2.75) is 40.8 Å². The van der Waals surface area contributed by atoms with Crippen LogP contribution < -0.4 is 10.6 Å². The summed E-state index contributed by atoms with van der Waals surface area (Å²) in [6.45, 7) is 7.85. The van der Waals surface area contributed by atoms with Crippen LogP contribution in [0.4, 0.5) is 10.6 Å². The zero-order chi connectivity index (χ0) is 18.4. The zero-order valence-electron chi connectivity index (χ0n) is 14.7. The van der Waals surface area contributed by atoms with E-state index < -0.39 is 6.09 Å². The Morgan fingerprint density at radius 3 is 2.52 bits per heavy atom. The number of carbonyl (C=O) groups excluding carboxylic acids is 2. The van der Waals surface area contributed by atoms with E-state index in [1.807, 2.05) is 20.8 Å². The normalized spacial score (nSPS) is 10.4. The van der Waals surface area contributed by atoms with Crippen LogP contribution in [-0.4, -0.2) is 43.6 Å². The molecular formula is C15H21N7O3. The number of aromatic nitrogens is 5. The maximum atomic E-state index is 12.1. The molecule has 0 aliphatic carbocycles. The lowest BCUT2D eigenvalue weighted by Gasteiger charge is -2.10. The van der Waals surface area contributed by atoms with E-state index in [2.05, 4.69) is 30.9 Å². The SMILES string of the molecule is CCOC(=O)Nc1cn(CC(=O)NCc2c(C)nc(C)nc2C)nn1. The molecule has 0 saturated carbocycles. The van der Waals surface area contributed by atoms with Crippen LogP contribution in [0.5, 0.6) is 0 Å². The highest BCUT2D eigenvalue weighted by atomic mass is 16.5. The average Bonchev–Trinajstić information content (AvgIpc) is 2.93. The van der Waals surface area contributed by atoms with Gasteiger partial charge in [0.1, 0.15) is 12.4 Å². The summed E-state index contributed by atoms with van der Waals surface area (Å²) in [4.78, 5) is 31.9. The topological polar surface area (TPSA) is 124 Å². The fourth-order valence-corrected chi connectivity index (χ4v) is 2.26. The first kappa shape index (κ1) is 18.3. The van der Waals surface area contributed by atoms with E-state index in [1.54, 1.807) is 6.92 Å². The highest BCUT2D eigenvalue weighted by Crippen LogP contribution is 2.09. The molecule has 2 heterocycles. The van der Waals surface area contributed by atoms with Gasteiger partial charge in [-0.25, -0.2) is 19.4 Å². The Morgan fingerprint density at radius 2 is 1.88 bits per heavy atom. The highest BCUT2D eigenvalue weighted by Gasteiger charge is 2.11. The number of anilines is 1. The molecule has 2 rings (SSSR count). The van der Waals surface area contributed by atoms with Crippen LogP contribution >= 0.6 is 0 Å². The van der Waals surface area contributed by atoms with Crippen molar-refractivity contribution < 1.29 is 14.3 Å². The Morgan fingerprint density at radius 1 is 1.20 bits per heavy atom. The second-order valence-corrected chi connectivity index (χ2v) is 5.34. The molecule has 2 aromatic rings. The van der Waals surface area contributed by atoms with Crippen LogP contribution in [0.2, 0.25) is 0 Å². The predicted octanol–water partition coefficient (Wildman–Crippen LogP) is 0.878. The fraction of sp³-hybridized carbons (Fsp3) is 0.467. The minimum absolute atomic E-state index is 0.0255. The van der Waals surface area contributed by atoms with Crippen molar-refractivity contribution in [3.8, 4) is 0 Å². The predicted molar refractivity (Wildman–Crippen MR) is 88.8 cm³/mol. The average molecular weight is 347 g/mol. The molecule has 25 heavy (non-hydrogen) atoms. The molecule has 0 aliphatic heterocycles. The molecule has 0 unspecified atom stereocenters. The van der Waals surface area contributed by atoms with Gasteiger partial charge in [0.2, 0.25) is 5.91 Å². The lowest BCUT2D eigenvalue weighted by Crippen LogP contribution is -2.28. The summed E-state index contributed by atoms with van der Waals surface area (Å²) in [6.07, 6.45) is 0.825. The standard InChI is InChI=1S/C15H21N7O3/c1-5-25-15(24)19-13-7-22(21-20-13)8-14(23)16-6-12-9(2)17-11(4)18-10(12)3/h7H,5-6,8H2,1-4H3,(H,16,23)(H,19,24). The van der Waals surface area contributed by atoms with Crippen LogP contribution in [0.25, 0.3) is 0 Å². The molecular weight excluding hydrogens is 326 g/mol. The number of amides is 2. The Balaban J connectivity index is 1.89. The first-order chi connectivity index (χ1) is 11.9. The van der Waals surface area contributed by atoms with Gasteiger partial charge in [-0.15, -0.1) is 5.10 Å². The van der Waals surface area contributed by atoms with Crippen LogP contribution in [0.3, 0.4) is 0 Å². The van der Waals surface area contributed by atoms with Gasteiger partial charge in [0.15, 0.2) is 5.82 Å². The first-order valence-corrected chi connectivity index (χ1v) is 7.80. The molecule has 0 saturated heterocycles. The second-order valence-electron chi connectivity index (χ2n) is 5.34. The van der Waals surface area contributed by atoms with E-state index in [-0.39, 0.29) is 24.9 Å². The summed E-state index contributed by atoms with van der Waals surface area (Å²) in [6, 6.07) is 0. The van der Waals surface area contributed by atoms with Crippen molar-refractivity contribution >= 4 is 17.8 Å². The third kappa shape index (κ3) is 5.23. The number of nitrogens with zero attached hydrogens (tertiary/aromatic N) is 5. The minimum atomic E-state index is -0.621. The van der Waals surface area contributed by atoms with Gasteiger partial charge in [-0.1, -0.05) is 5.21 Å². The van der Waals surface area contributed by atoms with Gasteiger partial charge in [-0.3, -0.25) is 10.1 Å². The third-order valence-corrected chi connectivity index (χ3v) is 3.34. The molecule has 0 fully saturated rings. The molecule has 0 spiro atoms. The van der Waals surface area contributed by atoms with E-state index in [0.29, 0.717) is 12.4 Å². The second kappa shape index (κ2) is 8.18. The molecule has 10 heteroatoms. The van der Waals surface area contributed by atoms with Crippen molar-refractivity contribution in [2.24, 2.45) is 0 Å². The smallest absolute Gasteiger partial charge is 0.412 e. The number of carbonyl (C=O) groups is 2. The number of hydrogen-bond acceptors (Lipinski definition) is 7. The quantitative estimate of drug-likeness (QED) is 0.794. The monoisotopic (exact) mass is 347 g/mol. The van der Waals surface area contributed by atoms with Gasteiger partial charge < -0.3 is 10.1 Å². The van der Waals surface area contributed by atoms with Crippen LogP contribution in [0, 0.1) is 20.8 Å². The van der Waals surface area contributed by atoms with Crippen LogP contribution in [-0.2, 0) is 22.6 Å².